The average Bonchev–Trinajstić information content (AvgIpc) is 2.81. The van der Waals surface area contributed by atoms with Crippen LogP contribution >= 0.6 is 0 Å². The predicted molar refractivity (Wildman–Crippen MR) is 78.2 cm³/mol. The summed E-state index contributed by atoms with van der Waals surface area (Å²) >= 11 is 0. The molecule has 21 heavy (non-hydrogen) atoms. The molecule has 1 amide bonds. The maximum absolute atomic E-state index is 12.5. The number of aryl methyl sites for hydroxylation is 1. The Morgan fingerprint density at radius 1 is 1.43 bits per heavy atom. The van der Waals surface area contributed by atoms with Crippen LogP contribution in [0.4, 0.5) is 0 Å². The first-order valence-electron chi connectivity index (χ1n) is 7.05. The van der Waals surface area contributed by atoms with Crippen molar-refractivity contribution < 1.29 is 13.2 Å². The summed E-state index contributed by atoms with van der Waals surface area (Å²) in [5, 5.41) is 11.5. The van der Waals surface area contributed by atoms with Crippen LogP contribution in [0.2, 0.25) is 0 Å². The molecule has 0 radical (unpaired) electrons. The number of rotatable bonds is 3. The van der Waals surface area contributed by atoms with Crippen molar-refractivity contribution in [2.45, 2.75) is 44.9 Å². The van der Waals surface area contributed by atoms with E-state index in [1.165, 1.54) is 6.92 Å². The molecule has 0 aromatic carbocycles. The lowest BCUT2D eigenvalue weighted by atomic mass is 9.78. The van der Waals surface area contributed by atoms with E-state index in [9.17, 15) is 13.2 Å². The van der Waals surface area contributed by atoms with Gasteiger partial charge in [0, 0.05) is 13.1 Å². The lowest BCUT2D eigenvalue weighted by molar-refractivity contribution is 0.0591. The standard InChI is InChI=1S/C13H22N4O3S/c1-4-13(3)5-7-17(8-6-13)12(18)10-11(21(14,19)20)9(2)15-16-10/h4-8H2,1-3H3,(H,15,16)(H2,14,19,20). The van der Waals surface area contributed by atoms with E-state index in [1.54, 1.807) is 4.90 Å². The van der Waals surface area contributed by atoms with Gasteiger partial charge in [-0.25, -0.2) is 13.6 Å². The van der Waals surface area contributed by atoms with Crippen LogP contribution in [0, 0.1) is 12.3 Å². The molecule has 118 valence electrons. The molecular formula is C13H22N4O3S. The van der Waals surface area contributed by atoms with Crippen molar-refractivity contribution in [2.75, 3.05) is 13.1 Å². The smallest absolute Gasteiger partial charge is 0.275 e. The van der Waals surface area contributed by atoms with E-state index in [2.05, 4.69) is 24.0 Å². The Balaban J connectivity index is 2.24. The molecule has 0 unspecified atom stereocenters. The number of sulfonamides is 1. The number of aromatic amines is 1. The molecular weight excluding hydrogens is 292 g/mol. The van der Waals surface area contributed by atoms with E-state index < -0.39 is 10.0 Å². The first kappa shape index (κ1) is 16.0. The zero-order valence-electron chi connectivity index (χ0n) is 12.6. The van der Waals surface area contributed by atoms with Gasteiger partial charge in [-0.2, -0.15) is 5.10 Å². The van der Waals surface area contributed by atoms with E-state index >= 15 is 0 Å². The van der Waals surface area contributed by atoms with E-state index in [0.29, 0.717) is 13.1 Å². The minimum absolute atomic E-state index is 0.102. The summed E-state index contributed by atoms with van der Waals surface area (Å²) in [4.78, 5) is 14.0. The highest BCUT2D eigenvalue weighted by Gasteiger charge is 2.34. The fourth-order valence-electron chi connectivity index (χ4n) is 2.66. The molecule has 7 nitrogen and oxygen atoms in total. The zero-order valence-corrected chi connectivity index (χ0v) is 13.5. The van der Waals surface area contributed by atoms with Gasteiger partial charge in [-0.15, -0.1) is 0 Å². The highest BCUT2D eigenvalue weighted by Crippen LogP contribution is 2.34. The summed E-state index contributed by atoms with van der Waals surface area (Å²) in [6.45, 7) is 7.11. The molecule has 1 aliphatic heterocycles. The van der Waals surface area contributed by atoms with Gasteiger partial charge in [-0.05, 0) is 25.2 Å². The summed E-state index contributed by atoms with van der Waals surface area (Å²) in [5.41, 5.74) is 0.437. The van der Waals surface area contributed by atoms with E-state index in [1.807, 2.05) is 0 Å². The number of amides is 1. The van der Waals surface area contributed by atoms with Crippen LogP contribution < -0.4 is 5.14 Å². The number of carbonyl (C=O) groups is 1. The van der Waals surface area contributed by atoms with Crippen molar-refractivity contribution >= 4 is 15.9 Å². The third-order valence-electron chi connectivity index (χ3n) is 4.49. The van der Waals surface area contributed by atoms with Crippen LogP contribution in [0.25, 0.3) is 0 Å². The van der Waals surface area contributed by atoms with Gasteiger partial charge in [0.2, 0.25) is 10.0 Å². The molecule has 0 bridgehead atoms. The molecule has 1 aromatic heterocycles. The number of primary sulfonamides is 1. The first-order chi connectivity index (χ1) is 9.68. The quantitative estimate of drug-likeness (QED) is 0.868. The molecule has 2 rings (SSSR count). The first-order valence-corrected chi connectivity index (χ1v) is 8.59. The molecule has 3 N–H and O–H groups in total. The Hall–Kier alpha value is -1.41. The lowest BCUT2D eigenvalue weighted by Gasteiger charge is -2.38. The molecule has 0 atom stereocenters. The van der Waals surface area contributed by atoms with E-state index in [4.69, 9.17) is 5.14 Å². The van der Waals surface area contributed by atoms with E-state index in [0.717, 1.165) is 19.3 Å². The van der Waals surface area contributed by atoms with Gasteiger partial charge < -0.3 is 4.90 Å². The van der Waals surface area contributed by atoms with Crippen molar-refractivity contribution in [1.29, 1.82) is 0 Å². The SMILES string of the molecule is CCC1(C)CCN(C(=O)c2n[nH]c(C)c2S(N)(=O)=O)CC1. The minimum atomic E-state index is -3.97. The van der Waals surface area contributed by atoms with Gasteiger partial charge in [0.05, 0.1) is 5.69 Å². The van der Waals surface area contributed by atoms with Gasteiger partial charge in [0.1, 0.15) is 4.90 Å². The van der Waals surface area contributed by atoms with Gasteiger partial charge in [-0.1, -0.05) is 20.3 Å². The monoisotopic (exact) mass is 314 g/mol. The molecule has 1 aliphatic rings. The van der Waals surface area contributed by atoms with Crippen molar-refractivity contribution in [3.05, 3.63) is 11.4 Å². The number of nitrogens with zero attached hydrogens (tertiary/aromatic N) is 2. The summed E-state index contributed by atoms with van der Waals surface area (Å²) in [5.74, 6) is -0.374. The van der Waals surface area contributed by atoms with Gasteiger partial charge in [0.25, 0.3) is 5.91 Å². The Kier molecular flexibility index (Phi) is 4.12. The second kappa shape index (κ2) is 5.42. The molecule has 2 heterocycles. The van der Waals surface area contributed by atoms with Crippen LogP contribution in [0.3, 0.4) is 0 Å². The average molecular weight is 314 g/mol. The molecule has 1 aromatic rings. The number of nitrogens with two attached hydrogens (primary N) is 1. The highest BCUT2D eigenvalue weighted by molar-refractivity contribution is 7.89. The molecule has 0 saturated carbocycles. The van der Waals surface area contributed by atoms with E-state index in [-0.39, 0.29) is 27.6 Å². The van der Waals surface area contributed by atoms with Crippen LogP contribution in [-0.4, -0.2) is 42.5 Å². The van der Waals surface area contributed by atoms with Gasteiger partial charge >= 0.3 is 0 Å². The fraction of sp³-hybridized carbons (Fsp3) is 0.692. The maximum atomic E-state index is 12.5. The number of H-pyrrole nitrogens is 1. The number of hydrogen-bond donors (Lipinski definition) is 2. The van der Waals surface area contributed by atoms with Crippen LogP contribution in [0.5, 0.6) is 0 Å². The van der Waals surface area contributed by atoms with Crippen LogP contribution in [-0.2, 0) is 10.0 Å². The second-order valence-electron chi connectivity index (χ2n) is 6.03. The topological polar surface area (TPSA) is 109 Å². The number of nitrogens with one attached hydrogen (secondary N) is 1. The molecule has 1 saturated heterocycles. The Bertz CT molecular complexity index is 642. The molecule has 1 fully saturated rings. The zero-order chi connectivity index (χ0) is 15.8. The van der Waals surface area contributed by atoms with Crippen molar-refractivity contribution in [2.24, 2.45) is 10.6 Å². The number of carbonyl (C=O) groups excluding carboxylic acids is 1. The van der Waals surface area contributed by atoms with Crippen molar-refractivity contribution in [3.63, 3.8) is 0 Å². The summed E-state index contributed by atoms with van der Waals surface area (Å²) in [6.07, 6.45) is 2.88. The van der Waals surface area contributed by atoms with Gasteiger partial charge in [0.15, 0.2) is 5.69 Å². The summed E-state index contributed by atoms with van der Waals surface area (Å²) in [6, 6.07) is 0. The van der Waals surface area contributed by atoms with Crippen LogP contribution in [0.1, 0.15) is 49.3 Å². The largest absolute Gasteiger partial charge is 0.337 e. The van der Waals surface area contributed by atoms with Crippen molar-refractivity contribution in [1.82, 2.24) is 15.1 Å². The number of aromatic nitrogens is 2. The highest BCUT2D eigenvalue weighted by atomic mass is 32.2. The van der Waals surface area contributed by atoms with Crippen molar-refractivity contribution in [3.8, 4) is 0 Å². The maximum Gasteiger partial charge on any atom is 0.275 e. The fourth-order valence-corrected chi connectivity index (χ4v) is 3.54. The Labute approximate surface area is 124 Å². The third kappa shape index (κ3) is 3.11. The van der Waals surface area contributed by atoms with Crippen LogP contribution in [0.15, 0.2) is 4.90 Å². The molecule has 0 spiro atoms. The molecule has 8 heteroatoms. The van der Waals surface area contributed by atoms with Gasteiger partial charge in [-0.3, -0.25) is 9.89 Å². The Morgan fingerprint density at radius 2 is 2.00 bits per heavy atom. The number of piperidine rings is 1. The number of likely N-dealkylation sites (tertiary alicyclic amines) is 1. The second-order valence-corrected chi connectivity index (χ2v) is 7.53. The Morgan fingerprint density at radius 3 is 2.48 bits per heavy atom. The normalized spacial score (nSPS) is 18.8. The minimum Gasteiger partial charge on any atom is -0.337 e. The number of hydrogen-bond acceptors (Lipinski definition) is 4. The lowest BCUT2D eigenvalue weighted by Crippen LogP contribution is -2.42. The summed E-state index contributed by atoms with van der Waals surface area (Å²) < 4.78 is 23.2. The summed E-state index contributed by atoms with van der Waals surface area (Å²) in [7, 11) is -3.97. The molecule has 0 aliphatic carbocycles. The third-order valence-corrected chi connectivity index (χ3v) is 5.56. The predicted octanol–water partition coefficient (Wildman–Crippen LogP) is 1.02.